The van der Waals surface area contributed by atoms with Crippen LogP contribution in [0.3, 0.4) is 0 Å². The predicted molar refractivity (Wildman–Crippen MR) is 81.4 cm³/mol. The third kappa shape index (κ3) is 3.82. The van der Waals surface area contributed by atoms with Gasteiger partial charge >= 0.3 is 0 Å². The summed E-state index contributed by atoms with van der Waals surface area (Å²) in [5.74, 6) is -0.353. The van der Waals surface area contributed by atoms with Crippen molar-refractivity contribution < 1.29 is 13.9 Å². The van der Waals surface area contributed by atoms with Crippen molar-refractivity contribution in [3.63, 3.8) is 0 Å². The highest BCUT2D eigenvalue weighted by atomic mass is 19.1. The van der Waals surface area contributed by atoms with Gasteiger partial charge in [0, 0.05) is 19.0 Å². The number of carbonyl (C=O) groups excluding carboxylic acids is 1. The fourth-order valence-corrected chi connectivity index (χ4v) is 3.18. The molecule has 0 atom stereocenters. The minimum Gasteiger partial charge on any atom is -0.496 e. The van der Waals surface area contributed by atoms with Crippen LogP contribution in [0.15, 0.2) is 18.2 Å². The number of ether oxygens (including phenoxy) is 1. The van der Waals surface area contributed by atoms with Gasteiger partial charge in [0.05, 0.1) is 12.7 Å². The van der Waals surface area contributed by atoms with Crippen LogP contribution in [0.1, 0.15) is 49.4 Å². The monoisotopic (exact) mass is 293 g/mol. The number of Topliss-reactive ketones (excluding diaryl/α,β-unsaturated/α-hetero) is 1. The van der Waals surface area contributed by atoms with Crippen LogP contribution in [0.2, 0.25) is 0 Å². The first kappa shape index (κ1) is 16.0. The second-order valence-corrected chi connectivity index (χ2v) is 5.56. The minimum atomic E-state index is -0.497. The zero-order valence-corrected chi connectivity index (χ0v) is 12.9. The molecule has 0 unspecified atom stereocenters. The van der Waals surface area contributed by atoms with E-state index in [2.05, 4.69) is 11.8 Å². The second-order valence-electron chi connectivity index (χ2n) is 5.56. The Labute approximate surface area is 126 Å². The molecular weight excluding hydrogens is 269 g/mol. The zero-order chi connectivity index (χ0) is 15.2. The number of hydrogen-bond acceptors (Lipinski definition) is 3. The maximum atomic E-state index is 13.9. The lowest BCUT2D eigenvalue weighted by Gasteiger charge is -2.27. The summed E-state index contributed by atoms with van der Waals surface area (Å²) in [6.07, 6.45) is 5.31. The van der Waals surface area contributed by atoms with E-state index in [-0.39, 0.29) is 11.3 Å². The Balaban J connectivity index is 2.01. The quantitative estimate of drug-likeness (QED) is 0.718. The lowest BCUT2D eigenvalue weighted by Crippen LogP contribution is -2.34. The molecule has 1 aromatic carbocycles. The highest BCUT2D eigenvalue weighted by molar-refractivity contribution is 5.99. The SMILES string of the molecule is CCN(CCC(=O)c1c(F)cccc1OC)C1CCCC1. The summed E-state index contributed by atoms with van der Waals surface area (Å²) in [6, 6.07) is 5.09. The molecule has 0 heterocycles. The molecule has 1 aliphatic carbocycles. The number of nitrogens with zero attached hydrogens (tertiary/aromatic N) is 1. The van der Waals surface area contributed by atoms with Crippen LogP contribution in [0.4, 0.5) is 4.39 Å². The number of halogens is 1. The average molecular weight is 293 g/mol. The first-order valence-corrected chi connectivity index (χ1v) is 7.77. The minimum absolute atomic E-state index is 0.0856. The number of carbonyl (C=O) groups is 1. The summed E-state index contributed by atoms with van der Waals surface area (Å²) in [4.78, 5) is 14.7. The molecule has 4 heteroatoms. The molecule has 0 aliphatic heterocycles. The van der Waals surface area contributed by atoms with E-state index in [4.69, 9.17) is 4.74 Å². The lowest BCUT2D eigenvalue weighted by atomic mass is 10.1. The van der Waals surface area contributed by atoms with Crippen LogP contribution >= 0.6 is 0 Å². The van der Waals surface area contributed by atoms with E-state index in [9.17, 15) is 9.18 Å². The molecule has 0 aromatic heterocycles. The van der Waals surface area contributed by atoms with Crippen molar-refractivity contribution in [1.29, 1.82) is 0 Å². The van der Waals surface area contributed by atoms with Gasteiger partial charge in [0.2, 0.25) is 0 Å². The molecule has 3 nitrogen and oxygen atoms in total. The van der Waals surface area contributed by atoms with E-state index in [1.807, 2.05) is 0 Å². The number of ketones is 1. The third-order valence-electron chi connectivity index (χ3n) is 4.35. The Kier molecular flexibility index (Phi) is 5.74. The summed E-state index contributed by atoms with van der Waals surface area (Å²) in [5, 5.41) is 0. The zero-order valence-electron chi connectivity index (χ0n) is 12.9. The fourth-order valence-electron chi connectivity index (χ4n) is 3.18. The summed E-state index contributed by atoms with van der Waals surface area (Å²) in [5.41, 5.74) is 0.0856. The largest absolute Gasteiger partial charge is 0.496 e. The van der Waals surface area contributed by atoms with Gasteiger partial charge in [0.25, 0.3) is 0 Å². The van der Waals surface area contributed by atoms with Crippen LogP contribution in [0.5, 0.6) is 5.75 Å². The van der Waals surface area contributed by atoms with Crippen molar-refractivity contribution in [2.24, 2.45) is 0 Å². The van der Waals surface area contributed by atoms with Crippen molar-refractivity contribution in [2.75, 3.05) is 20.2 Å². The molecule has 0 amide bonds. The van der Waals surface area contributed by atoms with Crippen molar-refractivity contribution in [1.82, 2.24) is 4.90 Å². The Bertz CT molecular complexity index is 484. The van der Waals surface area contributed by atoms with Gasteiger partial charge in [-0.3, -0.25) is 4.79 Å². The van der Waals surface area contributed by atoms with Gasteiger partial charge in [-0.05, 0) is 31.5 Å². The number of rotatable bonds is 7. The summed E-state index contributed by atoms with van der Waals surface area (Å²) in [6.45, 7) is 3.75. The van der Waals surface area contributed by atoms with Crippen LogP contribution in [-0.4, -0.2) is 36.9 Å². The highest BCUT2D eigenvalue weighted by Gasteiger charge is 2.23. The summed E-state index contributed by atoms with van der Waals surface area (Å²) < 4.78 is 19.0. The third-order valence-corrected chi connectivity index (χ3v) is 4.35. The molecule has 2 rings (SSSR count). The molecule has 1 aliphatic rings. The van der Waals surface area contributed by atoms with Crippen LogP contribution in [0.25, 0.3) is 0 Å². The Morgan fingerprint density at radius 2 is 2.10 bits per heavy atom. The van der Waals surface area contributed by atoms with Gasteiger partial charge in [-0.2, -0.15) is 0 Å². The molecule has 0 saturated heterocycles. The maximum absolute atomic E-state index is 13.9. The molecular formula is C17H24FNO2. The molecule has 1 fully saturated rings. The van der Waals surface area contributed by atoms with Gasteiger partial charge in [0.15, 0.2) is 5.78 Å². The predicted octanol–water partition coefficient (Wildman–Crippen LogP) is 3.67. The molecule has 116 valence electrons. The van der Waals surface area contributed by atoms with Gasteiger partial charge in [-0.25, -0.2) is 4.39 Å². The Morgan fingerprint density at radius 1 is 1.38 bits per heavy atom. The molecule has 0 spiro atoms. The Hall–Kier alpha value is -1.42. The smallest absolute Gasteiger partial charge is 0.170 e. The lowest BCUT2D eigenvalue weighted by molar-refractivity contribution is 0.0946. The Morgan fingerprint density at radius 3 is 2.71 bits per heavy atom. The highest BCUT2D eigenvalue weighted by Crippen LogP contribution is 2.25. The van der Waals surface area contributed by atoms with Crippen LogP contribution in [0, 0.1) is 5.82 Å². The molecule has 21 heavy (non-hydrogen) atoms. The van der Waals surface area contributed by atoms with E-state index in [0.717, 1.165) is 6.54 Å². The van der Waals surface area contributed by atoms with Crippen molar-refractivity contribution >= 4 is 5.78 Å². The molecule has 0 bridgehead atoms. The van der Waals surface area contributed by atoms with E-state index in [1.54, 1.807) is 12.1 Å². The van der Waals surface area contributed by atoms with E-state index >= 15 is 0 Å². The standard InChI is InChI=1S/C17H24FNO2/c1-3-19(13-7-4-5-8-13)12-11-15(20)17-14(18)9-6-10-16(17)21-2/h6,9-10,13H,3-5,7-8,11-12H2,1-2H3. The number of hydrogen-bond donors (Lipinski definition) is 0. The van der Waals surface area contributed by atoms with E-state index in [1.165, 1.54) is 38.9 Å². The van der Waals surface area contributed by atoms with Gasteiger partial charge in [-0.15, -0.1) is 0 Å². The average Bonchev–Trinajstić information content (AvgIpc) is 3.01. The van der Waals surface area contributed by atoms with E-state index < -0.39 is 5.82 Å². The summed E-state index contributed by atoms with van der Waals surface area (Å²) >= 11 is 0. The number of benzene rings is 1. The van der Waals surface area contributed by atoms with E-state index in [0.29, 0.717) is 24.8 Å². The van der Waals surface area contributed by atoms with Crippen molar-refractivity contribution in [3.8, 4) is 5.75 Å². The van der Waals surface area contributed by atoms with Crippen molar-refractivity contribution in [3.05, 3.63) is 29.6 Å². The molecule has 1 saturated carbocycles. The number of methoxy groups -OCH3 is 1. The molecule has 0 N–H and O–H groups in total. The van der Waals surface area contributed by atoms with Gasteiger partial charge in [0.1, 0.15) is 11.6 Å². The summed E-state index contributed by atoms with van der Waals surface area (Å²) in [7, 11) is 1.46. The van der Waals surface area contributed by atoms with Crippen LogP contribution in [-0.2, 0) is 0 Å². The molecule has 1 aromatic rings. The topological polar surface area (TPSA) is 29.5 Å². The first-order chi connectivity index (χ1) is 10.2. The second kappa shape index (κ2) is 7.55. The fraction of sp³-hybridized carbons (Fsp3) is 0.588. The van der Waals surface area contributed by atoms with Crippen molar-refractivity contribution in [2.45, 2.75) is 45.1 Å². The normalized spacial score (nSPS) is 15.6. The first-order valence-electron chi connectivity index (χ1n) is 7.77. The van der Waals surface area contributed by atoms with Gasteiger partial charge in [-0.1, -0.05) is 25.8 Å². The van der Waals surface area contributed by atoms with Gasteiger partial charge < -0.3 is 9.64 Å². The molecule has 0 radical (unpaired) electrons. The van der Waals surface area contributed by atoms with Crippen LogP contribution < -0.4 is 4.74 Å². The maximum Gasteiger partial charge on any atom is 0.170 e.